The molecule has 4 nitrogen and oxygen atoms in total. The second kappa shape index (κ2) is 6.05. The van der Waals surface area contributed by atoms with Gasteiger partial charge in [0.1, 0.15) is 0 Å². The highest BCUT2D eigenvalue weighted by molar-refractivity contribution is 7.84. The first-order valence-electron chi connectivity index (χ1n) is 5.26. The molecule has 19 heavy (non-hydrogen) atoms. The number of carbonyl (C=O) groups excluding carboxylic acids is 1. The van der Waals surface area contributed by atoms with Crippen molar-refractivity contribution in [3.8, 4) is 0 Å². The summed E-state index contributed by atoms with van der Waals surface area (Å²) in [5, 5.41) is 2.38. The molecule has 0 aliphatic heterocycles. The number of amides is 1. The maximum Gasteiger partial charge on any atom is 0.416 e. The van der Waals surface area contributed by atoms with Crippen molar-refractivity contribution in [2.45, 2.75) is 12.6 Å². The number of rotatable bonds is 4. The van der Waals surface area contributed by atoms with Crippen LogP contribution in [-0.2, 0) is 21.8 Å². The molecule has 0 spiro atoms. The van der Waals surface area contributed by atoms with E-state index in [2.05, 4.69) is 5.32 Å². The van der Waals surface area contributed by atoms with Crippen molar-refractivity contribution in [2.24, 2.45) is 0 Å². The van der Waals surface area contributed by atoms with E-state index < -0.39 is 28.4 Å². The molecule has 0 bridgehead atoms. The molecular formula is C11H13F3N2O2S. The molecule has 0 radical (unpaired) electrons. The first-order valence-corrected chi connectivity index (χ1v) is 6.99. The number of alkyl halides is 3. The van der Waals surface area contributed by atoms with E-state index in [0.29, 0.717) is 0 Å². The fourth-order valence-corrected chi connectivity index (χ4v) is 1.77. The summed E-state index contributed by atoms with van der Waals surface area (Å²) < 4.78 is 48.0. The molecule has 0 saturated heterocycles. The van der Waals surface area contributed by atoms with Crippen molar-refractivity contribution in [1.82, 2.24) is 0 Å². The highest BCUT2D eigenvalue weighted by atomic mass is 32.2. The lowest BCUT2D eigenvalue weighted by molar-refractivity contribution is -0.137. The summed E-state index contributed by atoms with van der Waals surface area (Å²) in [4.78, 5) is 11.4. The number of nitrogens with one attached hydrogen (secondary N) is 1. The zero-order valence-corrected chi connectivity index (χ0v) is 10.9. The van der Waals surface area contributed by atoms with Crippen LogP contribution in [0.1, 0.15) is 12.0 Å². The van der Waals surface area contributed by atoms with Crippen molar-refractivity contribution in [2.75, 3.05) is 23.1 Å². The molecule has 1 atom stereocenters. The Balaban J connectivity index is 2.75. The van der Waals surface area contributed by atoms with Gasteiger partial charge in [-0.05, 0) is 18.2 Å². The minimum absolute atomic E-state index is 0.0174. The zero-order chi connectivity index (χ0) is 14.6. The third-order valence-corrected chi connectivity index (χ3v) is 3.05. The number of benzene rings is 1. The van der Waals surface area contributed by atoms with E-state index in [-0.39, 0.29) is 23.5 Å². The van der Waals surface area contributed by atoms with Crippen LogP contribution in [0.3, 0.4) is 0 Å². The fraction of sp³-hybridized carbons (Fsp3) is 0.364. The minimum atomic E-state index is -4.48. The summed E-state index contributed by atoms with van der Waals surface area (Å²) in [7, 11) is -1.11. The van der Waals surface area contributed by atoms with Crippen LogP contribution in [0.15, 0.2) is 18.2 Å². The molecule has 1 aromatic rings. The normalized spacial score (nSPS) is 13.1. The summed E-state index contributed by atoms with van der Waals surface area (Å²) in [6.07, 6.45) is -3.00. The van der Waals surface area contributed by atoms with Crippen LogP contribution >= 0.6 is 0 Å². The van der Waals surface area contributed by atoms with Crippen LogP contribution in [0.2, 0.25) is 0 Å². The van der Waals surface area contributed by atoms with Crippen molar-refractivity contribution in [3.63, 3.8) is 0 Å². The third kappa shape index (κ3) is 4.90. The Morgan fingerprint density at radius 1 is 1.42 bits per heavy atom. The Kier molecular flexibility index (Phi) is 4.93. The maximum absolute atomic E-state index is 12.4. The molecule has 1 aromatic carbocycles. The van der Waals surface area contributed by atoms with Crippen LogP contribution in [0.4, 0.5) is 24.5 Å². The summed E-state index contributed by atoms with van der Waals surface area (Å²) in [6.45, 7) is 0. The number of hydrogen-bond donors (Lipinski definition) is 2. The Bertz CT molecular complexity index is 503. The Morgan fingerprint density at radius 3 is 2.53 bits per heavy atom. The molecule has 1 unspecified atom stereocenters. The lowest BCUT2D eigenvalue weighted by Crippen LogP contribution is -2.16. The van der Waals surface area contributed by atoms with E-state index in [4.69, 9.17) is 5.73 Å². The Hall–Kier alpha value is -1.57. The molecule has 8 heteroatoms. The van der Waals surface area contributed by atoms with Crippen molar-refractivity contribution >= 4 is 28.1 Å². The summed E-state index contributed by atoms with van der Waals surface area (Å²) >= 11 is 0. The molecule has 0 heterocycles. The third-order valence-electron chi connectivity index (χ3n) is 2.27. The smallest absolute Gasteiger partial charge is 0.397 e. The van der Waals surface area contributed by atoms with Crippen LogP contribution in [0.5, 0.6) is 0 Å². The van der Waals surface area contributed by atoms with Gasteiger partial charge >= 0.3 is 6.18 Å². The lowest BCUT2D eigenvalue weighted by Gasteiger charge is -2.11. The number of anilines is 2. The van der Waals surface area contributed by atoms with E-state index in [1.54, 1.807) is 0 Å². The molecule has 0 saturated carbocycles. The fourth-order valence-electron chi connectivity index (χ4n) is 1.30. The van der Waals surface area contributed by atoms with E-state index in [9.17, 15) is 22.2 Å². The van der Waals surface area contributed by atoms with Gasteiger partial charge in [-0.15, -0.1) is 0 Å². The SMILES string of the molecule is CS(=O)CCC(=O)Nc1ccc(C(F)(F)F)cc1N. The number of hydrogen-bond acceptors (Lipinski definition) is 3. The predicted molar refractivity (Wildman–Crippen MR) is 68.0 cm³/mol. The van der Waals surface area contributed by atoms with E-state index in [1.807, 2.05) is 0 Å². The van der Waals surface area contributed by atoms with E-state index in [1.165, 1.54) is 6.26 Å². The van der Waals surface area contributed by atoms with Gasteiger partial charge in [-0.25, -0.2) is 0 Å². The highest BCUT2D eigenvalue weighted by Gasteiger charge is 2.30. The summed E-state index contributed by atoms with van der Waals surface area (Å²) in [6, 6.07) is 2.69. The molecule has 0 aromatic heterocycles. The van der Waals surface area contributed by atoms with Gasteiger partial charge in [-0.2, -0.15) is 13.2 Å². The highest BCUT2D eigenvalue weighted by Crippen LogP contribution is 2.32. The van der Waals surface area contributed by atoms with Gasteiger partial charge in [0.25, 0.3) is 0 Å². The quantitative estimate of drug-likeness (QED) is 0.834. The van der Waals surface area contributed by atoms with Gasteiger partial charge in [0.15, 0.2) is 0 Å². The first-order chi connectivity index (χ1) is 8.70. The van der Waals surface area contributed by atoms with Crippen molar-refractivity contribution in [1.29, 1.82) is 0 Å². The van der Waals surface area contributed by atoms with Crippen molar-refractivity contribution in [3.05, 3.63) is 23.8 Å². The topological polar surface area (TPSA) is 72.2 Å². The van der Waals surface area contributed by atoms with Gasteiger partial charge < -0.3 is 11.1 Å². The monoisotopic (exact) mass is 294 g/mol. The standard InChI is InChI=1S/C11H13F3N2O2S/c1-19(18)5-4-10(17)16-9-3-2-7(6-8(9)15)11(12,13)14/h2-3,6H,4-5,15H2,1H3,(H,16,17). The van der Waals surface area contributed by atoms with E-state index >= 15 is 0 Å². The zero-order valence-electron chi connectivity index (χ0n) is 10.1. The maximum atomic E-state index is 12.4. The van der Waals surface area contributed by atoms with Crippen LogP contribution in [0, 0.1) is 0 Å². The largest absolute Gasteiger partial charge is 0.416 e. The average Bonchev–Trinajstić information content (AvgIpc) is 2.27. The van der Waals surface area contributed by atoms with Gasteiger partial charge in [-0.3, -0.25) is 9.00 Å². The van der Waals surface area contributed by atoms with Gasteiger partial charge in [-0.1, -0.05) is 0 Å². The van der Waals surface area contributed by atoms with Gasteiger partial charge in [0, 0.05) is 29.2 Å². The average molecular weight is 294 g/mol. The predicted octanol–water partition coefficient (Wildman–Crippen LogP) is 1.99. The van der Waals surface area contributed by atoms with E-state index in [0.717, 1.165) is 18.2 Å². The number of nitrogens with two attached hydrogens (primary N) is 1. The van der Waals surface area contributed by atoms with Crippen LogP contribution in [0.25, 0.3) is 0 Å². The molecule has 1 rings (SSSR count). The number of carbonyl (C=O) groups is 1. The first kappa shape index (κ1) is 15.5. The molecule has 1 amide bonds. The van der Waals surface area contributed by atoms with Crippen molar-refractivity contribution < 1.29 is 22.2 Å². The van der Waals surface area contributed by atoms with Gasteiger partial charge in [0.2, 0.25) is 5.91 Å². The molecule has 0 aliphatic carbocycles. The Labute approximate surface area is 110 Å². The molecule has 3 N–H and O–H groups in total. The Morgan fingerprint density at radius 2 is 2.05 bits per heavy atom. The lowest BCUT2D eigenvalue weighted by atomic mass is 10.1. The second-order valence-corrected chi connectivity index (χ2v) is 5.43. The minimum Gasteiger partial charge on any atom is -0.397 e. The molecule has 0 aliphatic rings. The number of nitrogen functional groups attached to an aromatic ring is 1. The molecule has 0 fully saturated rings. The van der Waals surface area contributed by atoms with Crippen LogP contribution in [-0.4, -0.2) is 22.1 Å². The second-order valence-electron chi connectivity index (χ2n) is 3.88. The van der Waals surface area contributed by atoms with Crippen LogP contribution < -0.4 is 11.1 Å². The summed E-state index contributed by atoms with van der Waals surface area (Å²) in [5.41, 5.74) is 4.52. The number of halogens is 3. The molecule has 106 valence electrons. The molecular weight excluding hydrogens is 281 g/mol. The summed E-state index contributed by atoms with van der Waals surface area (Å²) in [5.74, 6) is -0.256. The van der Waals surface area contributed by atoms with Gasteiger partial charge in [0.05, 0.1) is 16.9 Å².